The topological polar surface area (TPSA) is 160 Å². The summed E-state index contributed by atoms with van der Waals surface area (Å²) >= 11 is 0. The van der Waals surface area contributed by atoms with Crippen molar-refractivity contribution in [3.8, 4) is 0 Å². The van der Waals surface area contributed by atoms with E-state index in [0.717, 1.165) is 0 Å². The van der Waals surface area contributed by atoms with E-state index in [9.17, 15) is 34.8 Å². The smallest absolute Gasteiger partial charge is 0.338 e. The van der Waals surface area contributed by atoms with Gasteiger partial charge in [0.15, 0.2) is 11.4 Å². The first-order chi connectivity index (χ1) is 17.8. The predicted octanol–water partition coefficient (Wildman–Crippen LogP) is 0.446. The molecule has 1 spiro atoms. The van der Waals surface area contributed by atoms with Gasteiger partial charge in [-0.25, -0.2) is 4.79 Å². The molecule has 1 aliphatic heterocycles. The van der Waals surface area contributed by atoms with Crippen molar-refractivity contribution in [2.75, 3.05) is 6.61 Å². The van der Waals surface area contributed by atoms with Crippen molar-refractivity contribution in [2.24, 2.45) is 16.2 Å². The normalized spacial score (nSPS) is 48.5. The van der Waals surface area contributed by atoms with Crippen LogP contribution in [0.15, 0.2) is 41.5 Å². The summed E-state index contributed by atoms with van der Waals surface area (Å²) in [6, 6.07) is 8.09. The molecule has 1 aromatic rings. The molecule has 4 fully saturated rings. The quantitative estimate of drug-likeness (QED) is 0.320. The van der Waals surface area contributed by atoms with Gasteiger partial charge in [0.1, 0.15) is 23.9 Å². The van der Waals surface area contributed by atoms with Gasteiger partial charge in [0, 0.05) is 25.2 Å². The molecule has 0 radical (unpaired) electrons. The average molecular weight is 529 g/mol. The Morgan fingerprint density at radius 2 is 1.76 bits per heavy atom. The lowest BCUT2D eigenvalue weighted by Crippen LogP contribution is -2.99. The van der Waals surface area contributed by atoms with Gasteiger partial charge in [-0.3, -0.25) is 9.59 Å². The number of hydrogen-bond donors (Lipinski definition) is 4. The Morgan fingerprint density at radius 3 is 2.34 bits per heavy atom. The first kappa shape index (κ1) is 25.6. The molecule has 1 aromatic carbocycles. The Hall–Kier alpha value is -2.63. The van der Waals surface area contributed by atoms with Gasteiger partial charge < -0.3 is 34.6 Å². The van der Waals surface area contributed by atoms with Crippen molar-refractivity contribution in [1.29, 1.82) is 0 Å². The summed E-state index contributed by atoms with van der Waals surface area (Å²) in [4.78, 5) is 40.2. The highest BCUT2D eigenvalue weighted by Crippen LogP contribution is 2.85. The third-order valence-corrected chi connectivity index (χ3v) is 10.7. The van der Waals surface area contributed by atoms with Crippen LogP contribution in [0.3, 0.4) is 0 Å². The lowest BCUT2D eigenvalue weighted by atomic mass is 9.20. The molecule has 6 rings (SSSR count). The fourth-order valence-corrected chi connectivity index (χ4v) is 9.11. The van der Waals surface area contributed by atoms with Crippen LogP contribution in [0.4, 0.5) is 0 Å². The number of fused-ring (bicyclic) bond motifs is 1. The summed E-state index contributed by atoms with van der Waals surface area (Å²) in [6.07, 6.45) is -7.06. The minimum atomic E-state index is -1.97. The second kappa shape index (κ2) is 7.51. The number of hydrogen-bond acceptors (Lipinski definition) is 10. The van der Waals surface area contributed by atoms with Crippen molar-refractivity contribution in [2.45, 2.75) is 82.3 Å². The number of ketones is 1. The third kappa shape index (κ3) is 2.37. The molecule has 3 saturated carbocycles. The maximum absolute atomic E-state index is 14.2. The molecule has 4 aliphatic carbocycles. The largest absolute Gasteiger partial charge is 0.455 e. The van der Waals surface area contributed by atoms with Gasteiger partial charge in [-0.05, 0) is 37.1 Å². The maximum atomic E-state index is 14.2. The van der Waals surface area contributed by atoms with Crippen molar-refractivity contribution in [1.82, 2.24) is 0 Å². The number of carbonyl (C=O) groups excluding carboxylic acids is 3. The molecular formula is C28H32O10. The third-order valence-electron chi connectivity index (χ3n) is 10.7. The van der Waals surface area contributed by atoms with E-state index in [1.165, 1.54) is 26.0 Å². The molecule has 10 atom stereocenters. The molecule has 1 unspecified atom stereocenters. The van der Waals surface area contributed by atoms with Gasteiger partial charge in [-0.2, -0.15) is 0 Å². The van der Waals surface area contributed by atoms with Gasteiger partial charge in [0.25, 0.3) is 0 Å². The minimum absolute atomic E-state index is 0.0709. The molecule has 0 bridgehead atoms. The number of carbonyl (C=O) groups is 3. The fraction of sp³-hybridized carbons (Fsp3) is 0.607. The number of benzene rings is 1. The molecule has 204 valence electrons. The number of esters is 2. The number of rotatable bonds is 3. The average Bonchev–Trinajstić information content (AvgIpc) is 2.86. The summed E-state index contributed by atoms with van der Waals surface area (Å²) in [5.41, 5.74) is -8.05. The highest BCUT2D eigenvalue weighted by molar-refractivity contribution is 5.97. The van der Waals surface area contributed by atoms with E-state index in [4.69, 9.17) is 14.2 Å². The van der Waals surface area contributed by atoms with Crippen molar-refractivity contribution in [3.63, 3.8) is 0 Å². The lowest BCUT2D eigenvalue weighted by molar-refractivity contribution is -0.472. The summed E-state index contributed by atoms with van der Waals surface area (Å²) in [7, 11) is 0. The van der Waals surface area contributed by atoms with Crippen LogP contribution in [-0.2, 0) is 23.8 Å². The zero-order valence-corrected chi connectivity index (χ0v) is 21.6. The monoisotopic (exact) mass is 528 g/mol. The van der Waals surface area contributed by atoms with Gasteiger partial charge >= 0.3 is 11.9 Å². The Labute approximate surface area is 219 Å². The Kier molecular flexibility index (Phi) is 5.07. The molecular weight excluding hydrogens is 496 g/mol. The van der Waals surface area contributed by atoms with E-state index in [1.54, 1.807) is 32.0 Å². The van der Waals surface area contributed by atoms with Crippen molar-refractivity contribution in [3.05, 3.63) is 47.0 Å². The number of ether oxygens (including phenoxy) is 3. The molecule has 1 heterocycles. The lowest BCUT2D eigenvalue weighted by Gasteiger charge is -2.86. The zero-order chi connectivity index (χ0) is 27.6. The number of Topliss-reactive ketones (excluding diaryl/α,β-unsaturated/α-hetero) is 1. The fourth-order valence-electron chi connectivity index (χ4n) is 9.11. The summed E-state index contributed by atoms with van der Waals surface area (Å²) in [5.74, 6) is -2.22. The first-order valence-electron chi connectivity index (χ1n) is 12.8. The van der Waals surface area contributed by atoms with Gasteiger partial charge in [-0.1, -0.05) is 25.1 Å². The summed E-state index contributed by atoms with van der Waals surface area (Å²) < 4.78 is 17.9. The van der Waals surface area contributed by atoms with E-state index in [0.29, 0.717) is 5.57 Å². The molecule has 0 aromatic heterocycles. The van der Waals surface area contributed by atoms with Crippen LogP contribution >= 0.6 is 0 Å². The molecule has 0 amide bonds. The second-order valence-corrected chi connectivity index (χ2v) is 11.8. The van der Waals surface area contributed by atoms with Crippen LogP contribution in [0.25, 0.3) is 0 Å². The van der Waals surface area contributed by atoms with Crippen LogP contribution < -0.4 is 0 Å². The highest BCUT2D eigenvalue weighted by atomic mass is 16.6. The van der Waals surface area contributed by atoms with Crippen LogP contribution in [0.5, 0.6) is 0 Å². The second-order valence-electron chi connectivity index (χ2n) is 11.8. The molecule has 4 N–H and O–H groups in total. The highest BCUT2D eigenvalue weighted by Gasteiger charge is 2.98. The Morgan fingerprint density at radius 1 is 1.11 bits per heavy atom. The van der Waals surface area contributed by atoms with Crippen molar-refractivity contribution < 1.29 is 49.0 Å². The van der Waals surface area contributed by atoms with Gasteiger partial charge in [0.05, 0.1) is 35.2 Å². The summed E-state index contributed by atoms with van der Waals surface area (Å²) in [5, 5.41) is 46.3. The molecule has 1 saturated heterocycles. The van der Waals surface area contributed by atoms with Gasteiger partial charge in [0.2, 0.25) is 0 Å². The van der Waals surface area contributed by atoms with Gasteiger partial charge in [-0.15, -0.1) is 0 Å². The summed E-state index contributed by atoms with van der Waals surface area (Å²) in [6.45, 7) is 5.75. The minimum Gasteiger partial charge on any atom is -0.455 e. The zero-order valence-electron chi connectivity index (χ0n) is 21.6. The van der Waals surface area contributed by atoms with E-state index < -0.39 is 75.7 Å². The van der Waals surface area contributed by atoms with Crippen LogP contribution in [0.2, 0.25) is 0 Å². The standard InChI is InChI=1S/C28H32O10/c1-13-16(30)11-26(35)23(37-22(34)15-8-6-5-7-9-15)28-24(3,21(33)20(32)19(13)25(26,28)4)17(31)10-18-27(28,12-36-18)38-14(2)29/h5-9,16-18,20,23,30-32,35H,10-12H2,1-4H3/t16-,17-,18+,20+,23+,24-,25-,26+,27-,28?/m0/s1. The molecule has 38 heavy (non-hydrogen) atoms. The van der Waals surface area contributed by atoms with Crippen LogP contribution in [0, 0.1) is 16.2 Å². The molecule has 10 heteroatoms. The van der Waals surface area contributed by atoms with Crippen LogP contribution in [0.1, 0.15) is 50.9 Å². The van der Waals surface area contributed by atoms with E-state index in [-0.39, 0.29) is 30.6 Å². The number of aliphatic hydroxyl groups excluding tert-OH is 3. The Balaban J connectivity index is 1.68. The predicted molar refractivity (Wildman–Crippen MR) is 128 cm³/mol. The first-order valence-corrected chi connectivity index (χ1v) is 12.8. The van der Waals surface area contributed by atoms with Crippen LogP contribution in [-0.4, -0.2) is 86.5 Å². The van der Waals surface area contributed by atoms with Crippen molar-refractivity contribution >= 4 is 17.7 Å². The van der Waals surface area contributed by atoms with E-state index in [2.05, 4.69) is 0 Å². The Bertz CT molecular complexity index is 1290. The SMILES string of the molecule is CC(=O)O[C@@]12CO[C@@H]1C[C@H](O)[C@@]1(C)C(=O)[C@H](O)C3=C(C)[C@@H](O)C[C@@]4(O)[C@@H](OC(=O)c5ccccc5)C21[C@@]34C. The number of aliphatic hydroxyl groups is 4. The van der Waals surface area contributed by atoms with E-state index >= 15 is 0 Å². The maximum Gasteiger partial charge on any atom is 0.338 e. The van der Waals surface area contributed by atoms with E-state index in [1.807, 2.05) is 0 Å². The molecule has 10 nitrogen and oxygen atoms in total. The molecule has 5 aliphatic rings.